The van der Waals surface area contributed by atoms with E-state index in [1.807, 2.05) is 53.1 Å². The number of benzene rings is 2. The van der Waals surface area contributed by atoms with Crippen molar-refractivity contribution in [3.63, 3.8) is 0 Å². The minimum atomic E-state index is 0.101. The largest absolute Gasteiger partial charge is 0.497 e. The maximum absolute atomic E-state index is 12.9. The number of piperazine rings is 1. The van der Waals surface area contributed by atoms with E-state index in [2.05, 4.69) is 17.0 Å². The fraction of sp³-hybridized carbons (Fsp3) is 0.462. The normalized spacial score (nSPS) is 17.4. The summed E-state index contributed by atoms with van der Waals surface area (Å²) in [5.41, 5.74) is 3.08. The summed E-state index contributed by atoms with van der Waals surface area (Å²) in [5, 5.41) is 0. The summed E-state index contributed by atoms with van der Waals surface area (Å²) < 4.78 is 5.23. The third-order valence-electron chi connectivity index (χ3n) is 6.73. The molecule has 2 aromatic rings. The molecule has 6 heteroatoms. The highest BCUT2D eigenvalue weighted by Gasteiger charge is 2.28. The van der Waals surface area contributed by atoms with Crippen LogP contribution in [0.5, 0.6) is 5.75 Å². The van der Waals surface area contributed by atoms with Gasteiger partial charge in [-0.2, -0.15) is 0 Å². The first kappa shape index (κ1) is 22.2. The molecule has 0 spiro atoms. The van der Waals surface area contributed by atoms with Crippen LogP contribution in [-0.4, -0.2) is 68.0 Å². The molecule has 2 aliphatic rings. The van der Waals surface area contributed by atoms with Crippen molar-refractivity contribution < 1.29 is 14.3 Å². The van der Waals surface area contributed by atoms with Gasteiger partial charge in [-0.25, -0.2) is 0 Å². The van der Waals surface area contributed by atoms with Crippen molar-refractivity contribution in [2.45, 2.75) is 26.2 Å². The van der Waals surface area contributed by atoms with Crippen molar-refractivity contribution in [3.8, 4) is 5.75 Å². The number of hydrogen-bond acceptors (Lipinski definition) is 4. The Kier molecular flexibility index (Phi) is 6.98. The Morgan fingerprint density at radius 3 is 2.06 bits per heavy atom. The van der Waals surface area contributed by atoms with E-state index in [-0.39, 0.29) is 11.8 Å². The van der Waals surface area contributed by atoms with Crippen molar-refractivity contribution in [2.24, 2.45) is 5.92 Å². The number of ether oxygens (including phenoxy) is 1. The van der Waals surface area contributed by atoms with E-state index in [0.29, 0.717) is 12.3 Å². The molecule has 170 valence electrons. The number of anilines is 1. The van der Waals surface area contributed by atoms with Gasteiger partial charge in [0, 0.05) is 56.9 Å². The van der Waals surface area contributed by atoms with Gasteiger partial charge in [0.05, 0.1) is 7.11 Å². The lowest BCUT2D eigenvalue weighted by Gasteiger charge is -2.37. The lowest BCUT2D eigenvalue weighted by Crippen LogP contribution is -2.49. The van der Waals surface area contributed by atoms with Crippen LogP contribution in [0.2, 0.25) is 0 Å². The minimum Gasteiger partial charge on any atom is -0.497 e. The molecule has 0 unspecified atom stereocenters. The molecule has 0 aromatic heterocycles. The fourth-order valence-corrected chi connectivity index (χ4v) is 4.60. The maximum Gasteiger partial charge on any atom is 0.253 e. The zero-order valence-corrected chi connectivity index (χ0v) is 19.1. The smallest absolute Gasteiger partial charge is 0.253 e. The molecule has 0 radical (unpaired) electrons. The fourth-order valence-electron chi connectivity index (χ4n) is 4.60. The van der Waals surface area contributed by atoms with Crippen molar-refractivity contribution >= 4 is 17.5 Å². The number of piperidine rings is 1. The van der Waals surface area contributed by atoms with Gasteiger partial charge in [-0.1, -0.05) is 17.7 Å². The Balaban J connectivity index is 1.21. The summed E-state index contributed by atoms with van der Waals surface area (Å²) in [6.07, 6.45) is 2.39. The molecule has 0 atom stereocenters. The first-order valence-corrected chi connectivity index (χ1v) is 11.6. The van der Waals surface area contributed by atoms with Gasteiger partial charge in [-0.15, -0.1) is 0 Å². The van der Waals surface area contributed by atoms with Crippen LogP contribution in [-0.2, 0) is 4.79 Å². The van der Waals surface area contributed by atoms with Gasteiger partial charge in [-0.05, 0) is 62.1 Å². The zero-order chi connectivity index (χ0) is 22.5. The van der Waals surface area contributed by atoms with Gasteiger partial charge < -0.3 is 19.4 Å². The Bertz CT molecular complexity index is 910. The Labute approximate surface area is 190 Å². The highest BCUT2D eigenvalue weighted by Crippen LogP contribution is 2.24. The van der Waals surface area contributed by atoms with E-state index >= 15 is 0 Å². The second kappa shape index (κ2) is 10.1. The quantitative estimate of drug-likeness (QED) is 0.720. The lowest BCUT2D eigenvalue weighted by molar-refractivity contribution is -0.132. The Morgan fingerprint density at radius 2 is 1.47 bits per heavy atom. The molecule has 2 amide bonds. The molecule has 32 heavy (non-hydrogen) atoms. The van der Waals surface area contributed by atoms with Gasteiger partial charge in [0.25, 0.3) is 5.91 Å². The SMILES string of the molecule is COc1ccc(N2CCN(C(=O)CC3CCN(C(=O)c4ccc(C)cc4)CC3)CC2)cc1. The van der Waals surface area contributed by atoms with Crippen molar-refractivity contribution in [1.29, 1.82) is 0 Å². The molecular formula is C26H33N3O3. The van der Waals surface area contributed by atoms with Gasteiger partial charge in [0.15, 0.2) is 0 Å². The molecule has 2 heterocycles. The third-order valence-corrected chi connectivity index (χ3v) is 6.73. The Morgan fingerprint density at radius 1 is 0.844 bits per heavy atom. The second-order valence-electron chi connectivity index (χ2n) is 8.87. The molecule has 4 rings (SSSR count). The van der Waals surface area contributed by atoms with Crippen LogP contribution in [0.25, 0.3) is 0 Å². The molecule has 0 aliphatic carbocycles. The molecule has 0 saturated carbocycles. The standard InChI is InChI=1S/C26H33N3O3/c1-20-3-5-22(6-4-20)26(31)29-13-11-21(12-14-29)19-25(30)28-17-15-27(16-18-28)23-7-9-24(32-2)10-8-23/h3-10,21H,11-19H2,1-2H3. The highest BCUT2D eigenvalue weighted by atomic mass is 16.5. The van der Waals surface area contributed by atoms with E-state index in [4.69, 9.17) is 4.74 Å². The molecular weight excluding hydrogens is 402 g/mol. The average Bonchev–Trinajstić information content (AvgIpc) is 2.85. The number of carbonyl (C=O) groups is 2. The summed E-state index contributed by atoms with van der Waals surface area (Å²) in [5.74, 6) is 1.57. The Hall–Kier alpha value is -3.02. The third kappa shape index (κ3) is 5.23. The van der Waals surface area contributed by atoms with Crippen molar-refractivity contribution in [1.82, 2.24) is 9.80 Å². The predicted octanol–water partition coefficient (Wildman–Crippen LogP) is 3.59. The van der Waals surface area contributed by atoms with Crippen molar-refractivity contribution in [3.05, 3.63) is 59.7 Å². The lowest BCUT2D eigenvalue weighted by atomic mass is 9.92. The van der Waals surface area contributed by atoms with Crippen LogP contribution in [0.15, 0.2) is 48.5 Å². The average molecular weight is 436 g/mol. The van der Waals surface area contributed by atoms with E-state index in [1.165, 1.54) is 5.69 Å². The van der Waals surface area contributed by atoms with Gasteiger partial charge in [-0.3, -0.25) is 9.59 Å². The molecule has 0 N–H and O–H groups in total. The van der Waals surface area contributed by atoms with Crippen LogP contribution in [0.3, 0.4) is 0 Å². The van der Waals surface area contributed by atoms with E-state index in [0.717, 1.165) is 69.0 Å². The molecule has 2 aromatic carbocycles. The van der Waals surface area contributed by atoms with Crippen molar-refractivity contribution in [2.75, 3.05) is 51.3 Å². The molecule has 0 bridgehead atoms. The summed E-state index contributed by atoms with van der Waals surface area (Å²) >= 11 is 0. The number of rotatable bonds is 5. The first-order valence-electron chi connectivity index (χ1n) is 11.6. The molecule has 6 nitrogen and oxygen atoms in total. The monoisotopic (exact) mass is 435 g/mol. The van der Waals surface area contributed by atoms with Gasteiger partial charge >= 0.3 is 0 Å². The number of likely N-dealkylation sites (tertiary alicyclic amines) is 1. The summed E-state index contributed by atoms with van der Waals surface area (Å²) in [4.78, 5) is 31.8. The van der Waals surface area contributed by atoms with Crippen LogP contribution in [0.4, 0.5) is 5.69 Å². The predicted molar refractivity (Wildman–Crippen MR) is 126 cm³/mol. The number of aryl methyl sites for hydroxylation is 1. The first-order chi connectivity index (χ1) is 15.5. The number of hydrogen-bond donors (Lipinski definition) is 0. The highest BCUT2D eigenvalue weighted by molar-refractivity contribution is 5.94. The van der Waals surface area contributed by atoms with Crippen LogP contribution in [0.1, 0.15) is 35.2 Å². The minimum absolute atomic E-state index is 0.101. The van der Waals surface area contributed by atoms with E-state index in [1.54, 1.807) is 7.11 Å². The molecule has 2 saturated heterocycles. The number of methoxy groups -OCH3 is 1. The van der Waals surface area contributed by atoms with Crippen LogP contribution < -0.4 is 9.64 Å². The van der Waals surface area contributed by atoms with Crippen LogP contribution >= 0.6 is 0 Å². The maximum atomic E-state index is 12.9. The van der Waals surface area contributed by atoms with Gasteiger partial charge in [0.1, 0.15) is 5.75 Å². The summed E-state index contributed by atoms with van der Waals surface area (Å²) in [6, 6.07) is 15.9. The number of carbonyl (C=O) groups excluding carboxylic acids is 2. The van der Waals surface area contributed by atoms with Crippen LogP contribution in [0, 0.1) is 12.8 Å². The number of nitrogens with zero attached hydrogens (tertiary/aromatic N) is 3. The second-order valence-corrected chi connectivity index (χ2v) is 8.87. The van der Waals surface area contributed by atoms with E-state index < -0.39 is 0 Å². The topological polar surface area (TPSA) is 53.1 Å². The summed E-state index contributed by atoms with van der Waals surface area (Å²) in [7, 11) is 1.67. The van der Waals surface area contributed by atoms with Gasteiger partial charge in [0.2, 0.25) is 5.91 Å². The molecule has 2 fully saturated rings. The van der Waals surface area contributed by atoms with E-state index in [9.17, 15) is 9.59 Å². The number of amides is 2. The molecule has 2 aliphatic heterocycles. The zero-order valence-electron chi connectivity index (χ0n) is 19.1. The summed E-state index contributed by atoms with van der Waals surface area (Å²) in [6.45, 7) is 6.70.